The van der Waals surface area contributed by atoms with E-state index < -0.39 is 0 Å². The minimum Gasteiger partial charge on any atom is -0.298 e. The molecule has 0 saturated carbocycles. The summed E-state index contributed by atoms with van der Waals surface area (Å²) in [5.41, 5.74) is -0.261. The van der Waals surface area contributed by atoms with Crippen LogP contribution in [0.2, 0.25) is 0 Å². The molecular weight excluding hydrogens is 168 g/mol. The summed E-state index contributed by atoms with van der Waals surface area (Å²) >= 11 is 1.84. The van der Waals surface area contributed by atoms with Crippen molar-refractivity contribution in [1.82, 2.24) is 5.32 Å². The van der Waals surface area contributed by atoms with Crippen LogP contribution < -0.4 is 5.32 Å². The van der Waals surface area contributed by atoms with Gasteiger partial charge in [0.1, 0.15) is 5.54 Å². The molecule has 1 heterocycles. The Morgan fingerprint density at radius 3 is 2.70 bits per heavy atom. The van der Waals surface area contributed by atoms with Crippen molar-refractivity contribution in [2.75, 3.05) is 18.1 Å². The Labute approximate surface area is 71.8 Å². The first-order chi connectivity index (χ1) is 4.27. The van der Waals surface area contributed by atoms with Gasteiger partial charge in [-0.2, -0.15) is 17.0 Å². The van der Waals surface area contributed by atoms with E-state index in [1.165, 1.54) is 0 Å². The third-order valence-corrected chi connectivity index (χ3v) is 2.67. The average molecular weight is 179 g/mol. The van der Waals surface area contributed by atoms with E-state index in [-0.39, 0.29) is 17.9 Å². The normalized spacial score (nSPS) is 32.0. The van der Waals surface area contributed by atoms with E-state index in [1.54, 1.807) is 0 Å². The van der Waals surface area contributed by atoms with Crippen LogP contribution in [0.15, 0.2) is 0 Å². The van der Waals surface area contributed by atoms with E-state index in [0.717, 1.165) is 18.1 Å². The van der Waals surface area contributed by atoms with Crippen LogP contribution in [0.3, 0.4) is 0 Å². The molecule has 1 aliphatic rings. The fourth-order valence-corrected chi connectivity index (χ4v) is 1.76. The maximum absolute atomic E-state index is 8.62. The van der Waals surface area contributed by atoms with Gasteiger partial charge in [-0.15, -0.1) is 12.4 Å². The second-order valence-corrected chi connectivity index (χ2v) is 3.53. The standard InChI is InChI=1S/C6H10N2S.ClH/c1-6(4-7)5-9-3-2-8-6;/h8H,2-3,5H2,1H3;1H. The number of nitrogens with one attached hydrogen (secondary N) is 1. The molecule has 1 N–H and O–H groups in total. The van der Waals surface area contributed by atoms with Gasteiger partial charge in [-0.1, -0.05) is 0 Å². The highest BCUT2D eigenvalue weighted by Crippen LogP contribution is 2.15. The van der Waals surface area contributed by atoms with E-state index in [1.807, 2.05) is 18.7 Å². The van der Waals surface area contributed by atoms with Crippen LogP contribution in [0.4, 0.5) is 0 Å². The summed E-state index contributed by atoms with van der Waals surface area (Å²) in [5.74, 6) is 2.06. The summed E-state index contributed by atoms with van der Waals surface area (Å²) < 4.78 is 0. The van der Waals surface area contributed by atoms with Crippen LogP contribution in [-0.4, -0.2) is 23.6 Å². The Balaban J connectivity index is 0.000000810. The predicted molar refractivity (Wildman–Crippen MR) is 46.6 cm³/mol. The molecule has 1 rings (SSSR count). The molecule has 0 aromatic carbocycles. The molecule has 1 aliphatic heterocycles. The van der Waals surface area contributed by atoms with Gasteiger partial charge in [-0.25, -0.2) is 0 Å². The summed E-state index contributed by atoms with van der Waals surface area (Å²) in [6, 6.07) is 2.25. The number of thioether (sulfide) groups is 1. The molecule has 1 unspecified atom stereocenters. The molecule has 0 radical (unpaired) electrons. The number of hydrogen-bond donors (Lipinski definition) is 1. The van der Waals surface area contributed by atoms with Crippen LogP contribution >= 0.6 is 24.2 Å². The Hall–Kier alpha value is 0.0900. The maximum Gasteiger partial charge on any atom is 0.113 e. The second kappa shape index (κ2) is 4.07. The Morgan fingerprint density at radius 1 is 1.70 bits per heavy atom. The van der Waals surface area contributed by atoms with Crippen LogP contribution in [0.1, 0.15) is 6.92 Å². The minimum absolute atomic E-state index is 0. The van der Waals surface area contributed by atoms with Crippen molar-refractivity contribution in [1.29, 1.82) is 5.26 Å². The zero-order valence-corrected chi connectivity index (χ0v) is 7.52. The molecule has 10 heavy (non-hydrogen) atoms. The van der Waals surface area contributed by atoms with Crippen molar-refractivity contribution >= 4 is 24.2 Å². The topological polar surface area (TPSA) is 35.8 Å². The highest BCUT2D eigenvalue weighted by atomic mass is 35.5. The van der Waals surface area contributed by atoms with E-state index in [0.29, 0.717) is 0 Å². The third kappa shape index (κ3) is 2.37. The first-order valence-corrected chi connectivity index (χ1v) is 4.16. The van der Waals surface area contributed by atoms with E-state index in [9.17, 15) is 0 Å². The second-order valence-electron chi connectivity index (χ2n) is 2.42. The first-order valence-electron chi connectivity index (χ1n) is 3.01. The van der Waals surface area contributed by atoms with Gasteiger partial charge in [0.05, 0.1) is 6.07 Å². The third-order valence-electron chi connectivity index (χ3n) is 1.40. The Bertz CT molecular complexity index is 137. The molecule has 0 bridgehead atoms. The fraction of sp³-hybridized carbons (Fsp3) is 0.833. The Morgan fingerprint density at radius 2 is 2.40 bits per heavy atom. The fourth-order valence-electron chi connectivity index (χ4n) is 0.798. The predicted octanol–water partition coefficient (Wildman–Crippen LogP) is 1.03. The van der Waals surface area contributed by atoms with Gasteiger partial charge in [0.15, 0.2) is 0 Å². The first kappa shape index (κ1) is 10.1. The molecule has 1 saturated heterocycles. The summed E-state index contributed by atoms with van der Waals surface area (Å²) in [5, 5.41) is 11.8. The zero-order chi connectivity index (χ0) is 6.74. The van der Waals surface area contributed by atoms with E-state index in [2.05, 4.69) is 11.4 Å². The molecule has 2 nitrogen and oxygen atoms in total. The van der Waals surface area contributed by atoms with Gasteiger partial charge in [0, 0.05) is 18.1 Å². The van der Waals surface area contributed by atoms with Crippen LogP contribution in [0.5, 0.6) is 0 Å². The van der Waals surface area contributed by atoms with Crippen molar-refractivity contribution in [2.24, 2.45) is 0 Å². The number of nitrogens with zero attached hydrogens (tertiary/aromatic N) is 1. The van der Waals surface area contributed by atoms with Crippen LogP contribution in [0.25, 0.3) is 0 Å². The summed E-state index contributed by atoms with van der Waals surface area (Å²) in [4.78, 5) is 0. The van der Waals surface area contributed by atoms with Gasteiger partial charge in [-0.05, 0) is 6.92 Å². The highest BCUT2D eigenvalue weighted by Gasteiger charge is 2.25. The van der Waals surface area contributed by atoms with E-state index >= 15 is 0 Å². The van der Waals surface area contributed by atoms with E-state index in [4.69, 9.17) is 5.26 Å². The molecule has 1 atom stereocenters. The minimum atomic E-state index is -0.261. The summed E-state index contributed by atoms with van der Waals surface area (Å²) in [7, 11) is 0. The zero-order valence-electron chi connectivity index (χ0n) is 5.89. The smallest absolute Gasteiger partial charge is 0.113 e. The number of halogens is 1. The quantitative estimate of drug-likeness (QED) is 0.602. The molecule has 58 valence electrons. The van der Waals surface area contributed by atoms with Gasteiger partial charge in [0.2, 0.25) is 0 Å². The van der Waals surface area contributed by atoms with Gasteiger partial charge < -0.3 is 0 Å². The summed E-state index contributed by atoms with van der Waals surface area (Å²) in [6.45, 7) is 2.91. The van der Waals surface area contributed by atoms with Crippen molar-refractivity contribution in [2.45, 2.75) is 12.5 Å². The SMILES string of the molecule is CC1(C#N)CSCCN1.Cl. The van der Waals surface area contributed by atoms with Gasteiger partial charge in [0.25, 0.3) is 0 Å². The molecule has 4 heteroatoms. The van der Waals surface area contributed by atoms with Crippen LogP contribution in [0, 0.1) is 11.3 Å². The molecule has 1 fully saturated rings. The lowest BCUT2D eigenvalue weighted by molar-refractivity contribution is 0.502. The lowest BCUT2D eigenvalue weighted by Crippen LogP contribution is -2.47. The van der Waals surface area contributed by atoms with Crippen LogP contribution in [-0.2, 0) is 0 Å². The number of nitriles is 1. The molecular formula is C6H11ClN2S. The summed E-state index contributed by atoms with van der Waals surface area (Å²) in [6.07, 6.45) is 0. The van der Waals surface area contributed by atoms with Crippen molar-refractivity contribution in [3.63, 3.8) is 0 Å². The molecule has 0 amide bonds. The average Bonchev–Trinajstić information content (AvgIpc) is 1.90. The Kier molecular flexibility index (Phi) is 4.11. The number of rotatable bonds is 0. The highest BCUT2D eigenvalue weighted by molar-refractivity contribution is 7.99. The van der Waals surface area contributed by atoms with Crippen molar-refractivity contribution < 1.29 is 0 Å². The number of hydrogen-bond acceptors (Lipinski definition) is 3. The largest absolute Gasteiger partial charge is 0.298 e. The molecule has 0 aromatic heterocycles. The lowest BCUT2D eigenvalue weighted by atomic mass is 10.1. The molecule has 0 aliphatic carbocycles. The van der Waals surface area contributed by atoms with Gasteiger partial charge >= 0.3 is 0 Å². The van der Waals surface area contributed by atoms with Crippen molar-refractivity contribution in [3.8, 4) is 6.07 Å². The lowest BCUT2D eigenvalue weighted by Gasteiger charge is -2.27. The monoisotopic (exact) mass is 178 g/mol. The molecule has 0 spiro atoms. The van der Waals surface area contributed by atoms with Gasteiger partial charge in [-0.3, -0.25) is 5.32 Å². The molecule has 0 aromatic rings. The maximum atomic E-state index is 8.62. The van der Waals surface area contributed by atoms with Crippen molar-refractivity contribution in [3.05, 3.63) is 0 Å².